The Hall–Kier alpha value is -7.90. The maximum Gasteiger partial charge on any atom is 0.317 e. The van der Waals surface area contributed by atoms with Crippen molar-refractivity contribution in [2.45, 2.75) is 152 Å². The molecule has 5 rings (SSSR count). The number of amides is 10. The molecule has 0 aromatic heterocycles. The lowest BCUT2D eigenvalue weighted by molar-refractivity contribution is -0.147. The minimum absolute atomic E-state index is 0.0369. The van der Waals surface area contributed by atoms with Crippen molar-refractivity contribution >= 4 is 105 Å². The van der Waals surface area contributed by atoms with Gasteiger partial charge < -0.3 is 83.0 Å². The van der Waals surface area contributed by atoms with Crippen LogP contribution in [0.2, 0.25) is 0 Å². The number of unbranched alkanes of at least 4 members (excludes halogenated alkanes) is 2. The van der Waals surface area contributed by atoms with Crippen LogP contribution < -0.4 is 42.5 Å². The Morgan fingerprint density at radius 3 is 1.65 bits per heavy atom. The Morgan fingerprint density at radius 2 is 1.10 bits per heavy atom. The van der Waals surface area contributed by atoms with Crippen molar-refractivity contribution in [3.63, 3.8) is 0 Å². The minimum atomic E-state index is -1.77. The lowest BCUT2D eigenvalue weighted by Crippen LogP contribution is -2.61. The first kappa shape index (κ1) is 80.8. The highest BCUT2D eigenvalue weighted by Crippen LogP contribution is 2.29. The van der Waals surface area contributed by atoms with E-state index in [1.54, 1.807) is 49.9 Å². The van der Waals surface area contributed by atoms with Gasteiger partial charge in [0.2, 0.25) is 47.3 Å². The summed E-state index contributed by atoms with van der Waals surface area (Å²) in [6.45, 7) is 3.92. The summed E-state index contributed by atoms with van der Waals surface area (Å²) < 4.78 is 0. The van der Waals surface area contributed by atoms with Gasteiger partial charge in [0.1, 0.15) is 42.3 Å². The molecular weight excluding hydrogens is 1320 g/mol. The Bertz CT molecular complexity index is 2870. The van der Waals surface area contributed by atoms with Gasteiger partial charge in [-0.15, -0.1) is 0 Å². The van der Waals surface area contributed by atoms with Crippen LogP contribution in [0.5, 0.6) is 0 Å². The van der Waals surface area contributed by atoms with E-state index < -0.39 is 157 Å². The molecule has 9 atom stereocenters. The first-order valence-corrected chi connectivity index (χ1v) is 35.6. The second-order valence-electron chi connectivity index (χ2n) is 24.7. The van der Waals surface area contributed by atoms with Crippen molar-refractivity contribution < 1.29 is 97.8 Å². The lowest BCUT2D eigenvalue weighted by Gasteiger charge is -2.33. The van der Waals surface area contributed by atoms with Crippen LogP contribution in [0.3, 0.4) is 0 Å². The average molecular weight is 1420 g/mol. The van der Waals surface area contributed by atoms with Crippen LogP contribution in [0.4, 0.5) is 4.79 Å². The smallest absolute Gasteiger partial charge is 0.317 e. The molecule has 546 valence electrons. The molecule has 36 heteroatoms. The summed E-state index contributed by atoms with van der Waals surface area (Å²) >= 11 is 0. The van der Waals surface area contributed by atoms with Gasteiger partial charge in [-0.1, -0.05) is 65.3 Å². The van der Waals surface area contributed by atoms with Crippen LogP contribution >= 0.6 is 21.6 Å². The first-order valence-electron chi connectivity index (χ1n) is 33.1. The van der Waals surface area contributed by atoms with E-state index in [1.807, 2.05) is 6.92 Å². The molecule has 0 aliphatic carbocycles. The number of carbonyl (C=O) groups is 14. The normalized spacial score (nSPS) is 23.7. The standard InChI is InChI=1S/C62H96N14O20S2/c1-3-4-19-64-62(96)69-45-38-98-97-37-44(57(91)65-41(32-50(81)82)14-8-9-20-63-48(78)33-71-23-25-72(34-51(83)84)27-29-74(36-53(87)88)30-28-73(26-24-71)35-52(85)86)68-56(90)43(31-40-12-6-5-7-13-40)67-55(89)42(17-18-49(79)80)66-59(93)54(39(2)77)70-58(92)46-15-10-21-75(46)61(95)47-16-11-22-76(47)60(45)94/h5-7,12-13,39,41-47,54,77H,3-4,8-11,14-38H2,1-2H3,(H,63,78)(H,65,91)(H,66,93)(H,67,89)(H,68,90)(H,70,92)(H,79,80)(H,81,82)(H,83,84)(H,85,86)(H,87,88)(H2,64,69,96)/t39-,41+,42+,43+,44+,45+,46+,47+,54+/m1/s1. The van der Waals surface area contributed by atoms with Crippen molar-refractivity contribution in [1.82, 2.24) is 71.9 Å². The third-order valence-corrected chi connectivity index (χ3v) is 19.4. The predicted octanol–water partition coefficient (Wildman–Crippen LogP) is -3.02. The number of carbonyl (C=O) groups excluding carboxylic acids is 9. The van der Waals surface area contributed by atoms with Gasteiger partial charge in [-0.3, -0.25) is 81.9 Å². The summed E-state index contributed by atoms with van der Waals surface area (Å²) in [5, 5.41) is 80.7. The van der Waals surface area contributed by atoms with Gasteiger partial charge in [0.05, 0.1) is 38.7 Å². The highest BCUT2D eigenvalue weighted by Gasteiger charge is 2.45. The monoisotopic (exact) mass is 1420 g/mol. The van der Waals surface area contributed by atoms with Gasteiger partial charge in [-0.05, 0) is 70.3 Å². The van der Waals surface area contributed by atoms with Crippen LogP contribution in [0.25, 0.3) is 0 Å². The fourth-order valence-corrected chi connectivity index (χ4v) is 14.1. The lowest BCUT2D eigenvalue weighted by atomic mass is 10.0. The predicted molar refractivity (Wildman–Crippen MR) is 356 cm³/mol. The second-order valence-corrected chi connectivity index (χ2v) is 27.3. The van der Waals surface area contributed by atoms with E-state index in [2.05, 4.69) is 42.5 Å². The van der Waals surface area contributed by atoms with Gasteiger partial charge in [0.25, 0.3) is 0 Å². The van der Waals surface area contributed by atoms with Gasteiger partial charge >= 0.3 is 35.9 Å². The zero-order chi connectivity index (χ0) is 71.8. The highest BCUT2D eigenvalue weighted by molar-refractivity contribution is 8.76. The van der Waals surface area contributed by atoms with Gasteiger partial charge in [0.15, 0.2) is 0 Å². The summed E-state index contributed by atoms with van der Waals surface area (Å²) in [5.74, 6) is -12.9. The van der Waals surface area contributed by atoms with E-state index in [1.165, 1.54) is 16.7 Å². The van der Waals surface area contributed by atoms with Crippen LogP contribution in [0.1, 0.15) is 96.5 Å². The van der Waals surface area contributed by atoms with E-state index in [9.17, 15) is 97.8 Å². The van der Waals surface area contributed by atoms with Crippen molar-refractivity contribution in [2.24, 2.45) is 0 Å². The summed E-state index contributed by atoms with van der Waals surface area (Å²) in [5.41, 5.74) is 0.495. The zero-order valence-electron chi connectivity index (χ0n) is 55.4. The van der Waals surface area contributed by atoms with Crippen molar-refractivity contribution in [3.05, 3.63) is 35.9 Å². The first-order chi connectivity index (χ1) is 46.7. The maximum atomic E-state index is 14.8. The van der Waals surface area contributed by atoms with E-state index in [4.69, 9.17) is 0 Å². The Labute approximate surface area is 575 Å². The maximum absolute atomic E-state index is 14.8. The van der Waals surface area contributed by atoms with Crippen LogP contribution in [-0.4, -0.2) is 314 Å². The fraction of sp³-hybridized carbons (Fsp3) is 0.677. The Balaban J connectivity index is 1.40. The summed E-state index contributed by atoms with van der Waals surface area (Å²) in [6.07, 6.45) is -0.709. The average Bonchev–Trinajstić information content (AvgIpc) is 1.65. The SMILES string of the molecule is CCCCNC(=O)N[C@H]1CSSC[C@@H](C(=O)N[C@@H](CCCCNC(=O)CN2CCN(CC(=O)O)CCN(CC(=O)O)CCN(CC(=O)O)CC2)CC(=O)O)NC(=O)[C@H](Cc2ccccc2)NC(=O)[C@H](CCC(=O)O)NC(=O)[C@H]([C@@H](C)O)NC(=O)[C@@H]2CCCN2C(=O)[C@@H]2CCCN2C1=O. The van der Waals surface area contributed by atoms with Crippen molar-refractivity contribution in [2.75, 3.05) is 116 Å². The molecule has 4 aliphatic heterocycles. The largest absolute Gasteiger partial charge is 0.481 e. The zero-order valence-corrected chi connectivity index (χ0v) is 57.0. The van der Waals surface area contributed by atoms with E-state index >= 15 is 0 Å². The van der Waals surface area contributed by atoms with Gasteiger partial charge in [-0.2, -0.15) is 0 Å². The topological polar surface area (TPSA) is 476 Å². The van der Waals surface area contributed by atoms with Crippen LogP contribution in [0, 0.1) is 0 Å². The third-order valence-electron chi connectivity index (χ3n) is 17.0. The molecular formula is C62H96N14O20S2. The molecule has 4 heterocycles. The number of benzene rings is 1. The van der Waals surface area contributed by atoms with Crippen LogP contribution in [-0.2, 0) is 68.7 Å². The molecule has 0 saturated carbocycles. The Morgan fingerprint density at radius 1 is 0.571 bits per heavy atom. The Kier molecular flexibility index (Phi) is 34.7. The van der Waals surface area contributed by atoms with Gasteiger partial charge in [-0.25, -0.2) is 4.79 Å². The number of carboxylic acid groups (broad SMARTS) is 5. The van der Waals surface area contributed by atoms with Crippen molar-refractivity contribution in [1.29, 1.82) is 0 Å². The molecule has 0 unspecified atom stereocenters. The highest BCUT2D eigenvalue weighted by atomic mass is 33.1. The molecule has 4 saturated heterocycles. The van der Waals surface area contributed by atoms with E-state index in [0.29, 0.717) is 24.8 Å². The molecule has 0 bridgehead atoms. The van der Waals surface area contributed by atoms with E-state index in [-0.39, 0.29) is 155 Å². The molecule has 0 spiro atoms. The molecule has 34 nitrogen and oxygen atoms in total. The molecule has 0 radical (unpaired) electrons. The molecule has 14 N–H and O–H groups in total. The number of hydrogen-bond acceptors (Lipinski definition) is 21. The number of hydrogen-bond donors (Lipinski definition) is 14. The second kappa shape index (κ2) is 42.1. The number of carboxylic acids is 5. The number of nitrogens with one attached hydrogen (secondary N) is 8. The molecule has 98 heavy (non-hydrogen) atoms. The number of aliphatic carboxylic acids is 5. The number of aliphatic hydroxyl groups excluding tert-OH is 1. The number of rotatable bonds is 27. The van der Waals surface area contributed by atoms with Crippen molar-refractivity contribution in [3.8, 4) is 0 Å². The number of urea groups is 1. The molecule has 10 amide bonds. The third kappa shape index (κ3) is 28.5. The quantitative estimate of drug-likeness (QED) is 0.0308. The molecule has 1 aromatic carbocycles. The molecule has 4 aliphatic rings. The summed E-state index contributed by atoms with van der Waals surface area (Å²) in [4.78, 5) is 197. The fourth-order valence-electron chi connectivity index (χ4n) is 11.7. The number of aliphatic hydroxyl groups is 1. The summed E-state index contributed by atoms with van der Waals surface area (Å²) in [6, 6.07) is -3.58. The molecule has 4 fully saturated rings. The number of nitrogens with zero attached hydrogens (tertiary/aromatic N) is 6. The van der Waals surface area contributed by atoms with Crippen LogP contribution in [0.15, 0.2) is 30.3 Å². The van der Waals surface area contributed by atoms with Gasteiger partial charge in [0, 0.05) is 109 Å². The molecule has 1 aromatic rings. The minimum Gasteiger partial charge on any atom is -0.481 e. The summed E-state index contributed by atoms with van der Waals surface area (Å²) in [7, 11) is 2.01. The van der Waals surface area contributed by atoms with E-state index in [0.717, 1.165) is 28.0 Å². The number of fused-ring (bicyclic) bond motifs is 2.